The fourth-order valence-electron chi connectivity index (χ4n) is 4.01. The first-order chi connectivity index (χ1) is 15.2. The molecule has 1 saturated heterocycles. The fraction of sp³-hybridized carbons (Fsp3) is 0.560. The van der Waals surface area contributed by atoms with Gasteiger partial charge in [-0.3, -0.25) is 9.59 Å². The number of imidazole rings is 1. The zero-order valence-corrected chi connectivity index (χ0v) is 20.5. The predicted molar refractivity (Wildman–Crippen MR) is 129 cm³/mol. The van der Waals surface area contributed by atoms with Crippen molar-refractivity contribution in [2.45, 2.75) is 82.4 Å². The van der Waals surface area contributed by atoms with Crippen LogP contribution in [0, 0.1) is 6.92 Å². The van der Waals surface area contributed by atoms with Crippen molar-refractivity contribution in [1.29, 1.82) is 0 Å². The molecular weight excluding hydrogens is 422 g/mol. The van der Waals surface area contributed by atoms with Crippen molar-refractivity contribution in [1.82, 2.24) is 14.5 Å². The van der Waals surface area contributed by atoms with Crippen molar-refractivity contribution >= 4 is 23.6 Å². The van der Waals surface area contributed by atoms with Crippen molar-refractivity contribution in [2.24, 2.45) is 0 Å². The zero-order valence-electron chi connectivity index (χ0n) is 19.7. The number of benzene rings is 1. The average molecular weight is 458 g/mol. The van der Waals surface area contributed by atoms with E-state index in [1.165, 1.54) is 18.2 Å². The summed E-state index contributed by atoms with van der Waals surface area (Å²) >= 11 is 1.32. The monoisotopic (exact) mass is 457 g/mol. The predicted octanol–water partition coefficient (Wildman–Crippen LogP) is 5.63. The second-order valence-electron chi connectivity index (χ2n) is 9.02. The molecule has 1 aromatic heterocycles. The number of hydrogen-bond acceptors (Lipinski definition) is 4. The van der Waals surface area contributed by atoms with Gasteiger partial charge in [0.2, 0.25) is 0 Å². The second-order valence-corrected chi connectivity index (χ2v) is 10.7. The van der Waals surface area contributed by atoms with Gasteiger partial charge >= 0.3 is 5.97 Å². The summed E-state index contributed by atoms with van der Waals surface area (Å²) in [6.07, 6.45) is 6.60. The van der Waals surface area contributed by atoms with Crippen molar-refractivity contribution < 1.29 is 14.7 Å². The van der Waals surface area contributed by atoms with E-state index in [9.17, 15) is 14.7 Å². The van der Waals surface area contributed by atoms with Crippen LogP contribution in [0.5, 0.6) is 0 Å². The van der Waals surface area contributed by atoms with Crippen LogP contribution in [0.1, 0.15) is 75.5 Å². The molecule has 0 aliphatic carbocycles. The summed E-state index contributed by atoms with van der Waals surface area (Å²) < 4.78 is 1.28. The van der Waals surface area contributed by atoms with Gasteiger partial charge in [-0.15, -0.1) is 11.8 Å². The Kier molecular flexibility index (Phi) is 8.04. The molecule has 3 rings (SSSR count). The van der Waals surface area contributed by atoms with Gasteiger partial charge in [-0.25, -0.2) is 4.98 Å². The Morgan fingerprint density at radius 1 is 1.09 bits per heavy atom. The lowest BCUT2D eigenvalue weighted by Gasteiger charge is -2.26. The summed E-state index contributed by atoms with van der Waals surface area (Å²) in [4.78, 5) is 32.3. The summed E-state index contributed by atoms with van der Waals surface area (Å²) in [6.45, 7) is 10.0. The molecule has 0 atom stereocenters. The van der Waals surface area contributed by atoms with Crippen LogP contribution in [0.3, 0.4) is 0 Å². The van der Waals surface area contributed by atoms with Crippen LogP contribution in [0.2, 0.25) is 0 Å². The van der Waals surface area contributed by atoms with Gasteiger partial charge in [-0.05, 0) is 58.6 Å². The minimum atomic E-state index is -0.898. The van der Waals surface area contributed by atoms with Crippen LogP contribution >= 0.6 is 11.8 Å². The molecule has 32 heavy (non-hydrogen) atoms. The van der Waals surface area contributed by atoms with E-state index < -0.39 is 10.7 Å². The van der Waals surface area contributed by atoms with Gasteiger partial charge in [0.05, 0.1) is 0 Å². The molecule has 1 aliphatic heterocycles. The summed E-state index contributed by atoms with van der Waals surface area (Å²) in [5.41, 5.74) is 2.43. The lowest BCUT2D eigenvalue weighted by molar-refractivity contribution is -0.138. The van der Waals surface area contributed by atoms with Gasteiger partial charge in [-0.2, -0.15) is 0 Å². The number of rotatable bonds is 9. The number of piperidine rings is 1. The Bertz CT molecular complexity index is 944. The van der Waals surface area contributed by atoms with Crippen LogP contribution < -0.4 is 0 Å². The van der Waals surface area contributed by atoms with Crippen LogP contribution in [-0.2, 0) is 11.3 Å². The van der Waals surface area contributed by atoms with E-state index in [1.54, 1.807) is 13.8 Å². The minimum Gasteiger partial charge on any atom is -0.480 e. The molecule has 0 saturated carbocycles. The third kappa shape index (κ3) is 5.55. The third-order valence-corrected chi connectivity index (χ3v) is 7.25. The zero-order chi connectivity index (χ0) is 23.3. The van der Waals surface area contributed by atoms with Crippen LogP contribution in [0.4, 0.5) is 0 Å². The van der Waals surface area contributed by atoms with E-state index in [1.807, 2.05) is 36.1 Å². The number of aliphatic carboxylic acids is 1. The number of amides is 1. The van der Waals surface area contributed by atoms with Crippen molar-refractivity contribution in [3.63, 3.8) is 0 Å². The lowest BCUT2D eigenvalue weighted by atomic mass is 10.1. The van der Waals surface area contributed by atoms with E-state index >= 15 is 0 Å². The largest absolute Gasteiger partial charge is 0.480 e. The number of aromatic nitrogens is 2. The SMILES string of the molecule is CCCCCn1c(-c2ccc(SC(C)(C)C(=O)O)cc2)nc(C(=O)N2CCCCC2)c1C. The fourth-order valence-corrected chi connectivity index (χ4v) is 4.96. The van der Waals surface area contributed by atoms with Crippen LogP contribution in [0.25, 0.3) is 11.4 Å². The van der Waals surface area contributed by atoms with Gasteiger partial charge in [0.15, 0.2) is 0 Å². The topological polar surface area (TPSA) is 75.4 Å². The van der Waals surface area contributed by atoms with Gasteiger partial charge in [0, 0.05) is 35.8 Å². The maximum atomic E-state index is 13.2. The molecule has 6 nitrogen and oxygen atoms in total. The highest BCUT2D eigenvalue weighted by Gasteiger charge is 2.29. The molecule has 2 heterocycles. The lowest BCUT2D eigenvalue weighted by Crippen LogP contribution is -2.36. The number of unbranched alkanes of at least 4 members (excludes halogenated alkanes) is 2. The highest BCUT2D eigenvalue weighted by Crippen LogP contribution is 2.34. The Balaban J connectivity index is 1.91. The maximum Gasteiger partial charge on any atom is 0.319 e. The molecule has 0 radical (unpaired) electrons. The summed E-state index contributed by atoms with van der Waals surface area (Å²) in [5.74, 6) is 0.00983. The third-order valence-electron chi connectivity index (χ3n) is 6.05. The molecule has 1 amide bonds. The molecule has 0 bridgehead atoms. The Hall–Kier alpha value is -2.28. The van der Waals surface area contributed by atoms with E-state index in [-0.39, 0.29) is 5.91 Å². The smallest absolute Gasteiger partial charge is 0.319 e. The molecular formula is C25H35N3O3S. The van der Waals surface area contributed by atoms with Gasteiger partial charge < -0.3 is 14.6 Å². The van der Waals surface area contributed by atoms with E-state index in [0.29, 0.717) is 5.69 Å². The highest BCUT2D eigenvalue weighted by atomic mass is 32.2. The normalized spacial score (nSPS) is 14.6. The molecule has 7 heteroatoms. The Morgan fingerprint density at radius 2 is 1.75 bits per heavy atom. The van der Waals surface area contributed by atoms with Crippen molar-refractivity contribution in [3.8, 4) is 11.4 Å². The number of carbonyl (C=O) groups excluding carboxylic acids is 1. The number of carboxylic acid groups (broad SMARTS) is 1. The van der Waals surface area contributed by atoms with Gasteiger partial charge in [-0.1, -0.05) is 31.9 Å². The van der Waals surface area contributed by atoms with Crippen molar-refractivity contribution in [2.75, 3.05) is 13.1 Å². The first-order valence-corrected chi connectivity index (χ1v) is 12.5. The van der Waals surface area contributed by atoms with Gasteiger partial charge in [0.1, 0.15) is 16.3 Å². The minimum absolute atomic E-state index is 0.0353. The quantitative estimate of drug-likeness (QED) is 0.390. The Labute approximate surface area is 195 Å². The summed E-state index contributed by atoms with van der Waals surface area (Å²) in [6, 6.07) is 7.84. The molecule has 0 unspecified atom stereocenters. The number of carbonyl (C=O) groups is 2. The molecule has 1 N–H and O–H groups in total. The number of nitrogens with zero attached hydrogens (tertiary/aromatic N) is 3. The summed E-state index contributed by atoms with van der Waals surface area (Å²) in [7, 11) is 0. The number of likely N-dealkylation sites (tertiary alicyclic amines) is 1. The molecule has 0 spiro atoms. The molecule has 174 valence electrons. The van der Waals surface area contributed by atoms with Crippen LogP contribution in [-0.4, -0.2) is 49.3 Å². The standard InChI is InChI=1S/C25H35N3O3S/c1-5-6-8-17-28-18(2)21(23(29)27-15-9-7-10-16-27)26-22(28)19-11-13-20(14-12-19)32-25(3,4)24(30)31/h11-14H,5-10,15-17H2,1-4H3,(H,30,31). The molecule has 1 aliphatic rings. The number of carboxylic acids is 1. The summed E-state index contributed by atoms with van der Waals surface area (Å²) in [5, 5.41) is 9.40. The molecule has 2 aromatic rings. The first kappa shape index (κ1) is 24.4. The molecule has 1 aromatic carbocycles. The van der Waals surface area contributed by atoms with Crippen molar-refractivity contribution in [3.05, 3.63) is 35.7 Å². The maximum absolute atomic E-state index is 13.2. The highest BCUT2D eigenvalue weighted by molar-refractivity contribution is 8.01. The first-order valence-electron chi connectivity index (χ1n) is 11.6. The molecule has 1 fully saturated rings. The second kappa shape index (κ2) is 10.6. The van der Waals surface area contributed by atoms with Crippen LogP contribution in [0.15, 0.2) is 29.2 Å². The number of thioether (sulfide) groups is 1. The van der Waals surface area contributed by atoms with Gasteiger partial charge in [0.25, 0.3) is 5.91 Å². The number of hydrogen-bond donors (Lipinski definition) is 1. The average Bonchev–Trinajstić information content (AvgIpc) is 3.10. The van der Waals surface area contributed by atoms with E-state index in [4.69, 9.17) is 4.98 Å². The Morgan fingerprint density at radius 3 is 2.34 bits per heavy atom. The van der Waals surface area contributed by atoms with E-state index in [2.05, 4.69) is 11.5 Å². The van der Waals surface area contributed by atoms with E-state index in [0.717, 1.165) is 73.7 Å².